The Kier molecular flexibility index (Phi) is 3.48. The molecule has 66 valence electrons. The van der Waals surface area contributed by atoms with Crippen LogP contribution in [0.5, 0.6) is 0 Å². The first-order valence-electron chi connectivity index (χ1n) is 2.89. The monoisotopic (exact) mass is 173 g/mol. The molecule has 0 aromatic rings. The molecule has 6 heteroatoms. The average Bonchev–Trinajstić information content (AvgIpc) is 1.84. The number of aliphatic carboxylic acids is 1. The number of carboxylic acids is 1. The summed E-state index contributed by atoms with van der Waals surface area (Å²) in [5.74, 6) is -2.24. The average molecular weight is 173 g/mol. The Morgan fingerprint density at radius 3 is 2.08 bits per heavy atom. The van der Waals surface area contributed by atoms with Crippen LogP contribution in [-0.2, 0) is 9.59 Å². The third-order valence-corrected chi connectivity index (χ3v) is 0.915. The zero-order valence-corrected chi connectivity index (χ0v) is 6.20. The van der Waals surface area contributed by atoms with Gasteiger partial charge in [-0.05, 0) is 6.92 Å². The minimum atomic E-state index is -1.52. The SMILES string of the molecule is CC(=CC(=O)NC(=O)O)C(=O)O. The molecule has 0 fully saturated rings. The summed E-state index contributed by atoms with van der Waals surface area (Å²) in [5, 5.41) is 17.8. The van der Waals surface area contributed by atoms with E-state index >= 15 is 0 Å². The van der Waals surface area contributed by atoms with Crippen molar-refractivity contribution >= 4 is 18.0 Å². The first-order chi connectivity index (χ1) is 5.43. The molecule has 0 atom stereocenters. The Bertz CT molecular complexity index is 255. The first kappa shape index (κ1) is 10.2. The van der Waals surface area contributed by atoms with E-state index in [1.54, 1.807) is 0 Å². The molecular formula is C6H7NO5. The number of imide groups is 1. The van der Waals surface area contributed by atoms with E-state index in [2.05, 4.69) is 0 Å². The molecule has 0 aromatic carbocycles. The highest BCUT2D eigenvalue weighted by atomic mass is 16.4. The van der Waals surface area contributed by atoms with Crippen LogP contribution in [0.25, 0.3) is 0 Å². The van der Waals surface area contributed by atoms with E-state index in [0.29, 0.717) is 6.08 Å². The summed E-state index contributed by atoms with van der Waals surface area (Å²) in [6.45, 7) is 1.18. The molecule has 3 N–H and O–H groups in total. The molecule has 0 bridgehead atoms. The van der Waals surface area contributed by atoms with Gasteiger partial charge in [0.25, 0.3) is 5.91 Å². The summed E-state index contributed by atoms with van der Waals surface area (Å²) in [6, 6.07) is 0. The van der Waals surface area contributed by atoms with Crippen molar-refractivity contribution in [2.24, 2.45) is 0 Å². The van der Waals surface area contributed by atoms with Crippen molar-refractivity contribution < 1.29 is 24.6 Å². The minimum Gasteiger partial charge on any atom is -0.478 e. The van der Waals surface area contributed by atoms with Gasteiger partial charge in [0.15, 0.2) is 0 Å². The predicted octanol–water partition coefficient (Wildman–Crippen LogP) is -0.189. The van der Waals surface area contributed by atoms with Gasteiger partial charge in [-0.3, -0.25) is 10.1 Å². The molecule has 0 aromatic heterocycles. The fourth-order valence-electron chi connectivity index (χ4n) is 0.400. The zero-order chi connectivity index (χ0) is 9.72. The Morgan fingerprint density at radius 2 is 1.75 bits per heavy atom. The molecule has 0 spiro atoms. The quantitative estimate of drug-likeness (QED) is 0.502. The van der Waals surface area contributed by atoms with Gasteiger partial charge in [0, 0.05) is 11.6 Å². The van der Waals surface area contributed by atoms with Crippen LogP contribution in [0.4, 0.5) is 4.79 Å². The van der Waals surface area contributed by atoms with Crippen LogP contribution in [0.1, 0.15) is 6.92 Å². The largest absolute Gasteiger partial charge is 0.478 e. The van der Waals surface area contributed by atoms with Gasteiger partial charge in [0.2, 0.25) is 0 Å². The second kappa shape index (κ2) is 4.12. The highest BCUT2D eigenvalue weighted by Gasteiger charge is 2.05. The van der Waals surface area contributed by atoms with Gasteiger partial charge in [0.05, 0.1) is 0 Å². The van der Waals surface area contributed by atoms with Crippen LogP contribution >= 0.6 is 0 Å². The third kappa shape index (κ3) is 4.04. The van der Waals surface area contributed by atoms with Crippen molar-refractivity contribution in [1.82, 2.24) is 5.32 Å². The van der Waals surface area contributed by atoms with Crippen molar-refractivity contribution in [3.05, 3.63) is 11.6 Å². The van der Waals surface area contributed by atoms with Gasteiger partial charge < -0.3 is 10.2 Å². The Hall–Kier alpha value is -1.85. The lowest BCUT2D eigenvalue weighted by Crippen LogP contribution is -2.27. The maximum absolute atomic E-state index is 10.5. The Morgan fingerprint density at radius 1 is 1.25 bits per heavy atom. The van der Waals surface area contributed by atoms with Crippen molar-refractivity contribution in [2.75, 3.05) is 0 Å². The lowest BCUT2D eigenvalue weighted by Gasteiger charge is -1.93. The summed E-state index contributed by atoms with van der Waals surface area (Å²) in [4.78, 5) is 30.5. The molecule has 0 aliphatic carbocycles. The van der Waals surface area contributed by atoms with Crippen molar-refractivity contribution in [3.8, 4) is 0 Å². The number of nitrogens with one attached hydrogen (secondary N) is 1. The topological polar surface area (TPSA) is 104 Å². The highest BCUT2D eigenvalue weighted by Crippen LogP contribution is 1.90. The van der Waals surface area contributed by atoms with Crippen LogP contribution < -0.4 is 5.32 Å². The lowest BCUT2D eigenvalue weighted by atomic mass is 10.3. The van der Waals surface area contributed by atoms with Crippen molar-refractivity contribution in [2.45, 2.75) is 6.92 Å². The van der Waals surface area contributed by atoms with E-state index in [1.807, 2.05) is 0 Å². The van der Waals surface area contributed by atoms with E-state index in [-0.39, 0.29) is 5.57 Å². The van der Waals surface area contributed by atoms with Crippen LogP contribution in [0.2, 0.25) is 0 Å². The maximum atomic E-state index is 10.5. The summed E-state index contributed by atoms with van der Waals surface area (Å²) in [5.41, 5.74) is -0.228. The summed E-state index contributed by atoms with van der Waals surface area (Å²) < 4.78 is 0. The number of carbonyl (C=O) groups is 3. The fourth-order valence-corrected chi connectivity index (χ4v) is 0.400. The van der Waals surface area contributed by atoms with Crippen molar-refractivity contribution in [1.29, 1.82) is 0 Å². The Labute approximate surface area is 67.5 Å². The maximum Gasteiger partial charge on any atom is 0.411 e. The second-order valence-corrected chi connectivity index (χ2v) is 1.93. The van der Waals surface area contributed by atoms with Gasteiger partial charge >= 0.3 is 12.1 Å². The number of rotatable bonds is 2. The fraction of sp³-hybridized carbons (Fsp3) is 0.167. The second-order valence-electron chi connectivity index (χ2n) is 1.93. The molecule has 0 saturated heterocycles. The van der Waals surface area contributed by atoms with Crippen LogP contribution in [0.15, 0.2) is 11.6 Å². The van der Waals surface area contributed by atoms with Crippen LogP contribution in [0.3, 0.4) is 0 Å². The summed E-state index contributed by atoms with van der Waals surface area (Å²) in [7, 11) is 0. The summed E-state index contributed by atoms with van der Waals surface area (Å²) >= 11 is 0. The lowest BCUT2D eigenvalue weighted by molar-refractivity contribution is -0.133. The first-order valence-corrected chi connectivity index (χ1v) is 2.89. The molecular weight excluding hydrogens is 166 g/mol. The zero-order valence-electron chi connectivity index (χ0n) is 6.20. The van der Waals surface area contributed by atoms with E-state index < -0.39 is 18.0 Å². The van der Waals surface area contributed by atoms with Gasteiger partial charge in [-0.15, -0.1) is 0 Å². The third-order valence-electron chi connectivity index (χ3n) is 0.915. The molecule has 0 aliphatic heterocycles. The van der Waals surface area contributed by atoms with E-state index in [1.165, 1.54) is 12.2 Å². The van der Waals surface area contributed by atoms with Gasteiger partial charge in [-0.2, -0.15) is 0 Å². The van der Waals surface area contributed by atoms with Gasteiger partial charge in [-0.25, -0.2) is 9.59 Å². The normalized spacial score (nSPS) is 10.6. The van der Waals surface area contributed by atoms with Crippen molar-refractivity contribution in [3.63, 3.8) is 0 Å². The van der Waals surface area contributed by atoms with E-state index in [0.717, 1.165) is 0 Å². The van der Waals surface area contributed by atoms with Gasteiger partial charge in [0.1, 0.15) is 0 Å². The molecule has 0 aliphatic rings. The highest BCUT2D eigenvalue weighted by molar-refractivity contribution is 6.02. The van der Waals surface area contributed by atoms with Crippen LogP contribution in [0, 0.1) is 0 Å². The molecule has 0 radical (unpaired) electrons. The molecule has 0 heterocycles. The molecule has 0 rings (SSSR count). The number of hydrogen-bond donors (Lipinski definition) is 3. The molecule has 2 amide bonds. The number of carbonyl (C=O) groups excluding carboxylic acids is 1. The number of carboxylic acid groups (broad SMARTS) is 2. The standard InChI is InChI=1S/C6H7NO5/c1-3(5(9)10)2-4(8)7-6(11)12/h2H,1H3,(H,7,8)(H,9,10)(H,11,12). The molecule has 12 heavy (non-hydrogen) atoms. The predicted molar refractivity (Wildman–Crippen MR) is 37.6 cm³/mol. The van der Waals surface area contributed by atoms with Gasteiger partial charge in [-0.1, -0.05) is 0 Å². The summed E-state index contributed by atoms with van der Waals surface area (Å²) in [6.07, 6.45) is -0.828. The minimum absolute atomic E-state index is 0.228. The smallest absolute Gasteiger partial charge is 0.411 e. The number of amides is 2. The van der Waals surface area contributed by atoms with E-state index in [9.17, 15) is 14.4 Å². The molecule has 0 unspecified atom stereocenters. The van der Waals surface area contributed by atoms with E-state index in [4.69, 9.17) is 10.2 Å². The number of hydrogen-bond acceptors (Lipinski definition) is 3. The molecule has 0 saturated carbocycles. The Balaban J connectivity index is 4.24. The molecule has 6 nitrogen and oxygen atoms in total. The van der Waals surface area contributed by atoms with Crippen LogP contribution in [-0.4, -0.2) is 28.2 Å².